The molecule has 0 aliphatic carbocycles. The van der Waals surface area contributed by atoms with Crippen molar-refractivity contribution in [3.05, 3.63) is 40.2 Å². The van der Waals surface area contributed by atoms with Crippen molar-refractivity contribution in [3.63, 3.8) is 0 Å². The number of rotatable bonds is 5. The highest BCUT2D eigenvalue weighted by molar-refractivity contribution is 9.11. The van der Waals surface area contributed by atoms with Gasteiger partial charge in [-0.15, -0.1) is 0 Å². The maximum absolute atomic E-state index is 11.8. The monoisotopic (exact) mass is 286 g/mol. The Labute approximate surface area is 102 Å². The average molecular weight is 287 g/mol. The van der Waals surface area contributed by atoms with Crippen molar-refractivity contribution < 1.29 is 4.21 Å². The van der Waals surface area contributed by atoms with Crippen molar-refractivity contribution in [3.8, 4) is 0 Å². The molecule has 0 amide bonds. The van der Waals surface area contributed by atoms with Gasteiger partial charge in [-0.05, 0) is 25.0 Å². The summed E-state index contributed by atoms with van der Waals surface area (Å²) < 4.78 is 12.9. The highest BCUT2D eigenvalue weighted by Crippen LogP contribution is 2.17. The van der Waals surface area contributed by atoms with Crippen LogP contribution in [0.4, 0.5) is 0 Å². The minimum absolute atomic E-state index is 0.853. The lowest BCUT2D eigenvalue weighted by molar-refractivity contribution is 0.688. The maximum atomic E-state index is 11.8. The second kappa shape index (κ2) is 6.96. The molecule has 0 aliphatic rings. The van der Waals surface area contributed by atoms with Crippen molar-refractivity contribution in [1.29, 1.82) is 0 Å². The Kier molecular flexibility index (Phi) is 5.88. The Morgan fingerprint density at radius 1 is 1.40 bits per heavy atom. The lowest BCUT2D eigenvalue weighted by Gasteiger charge is -1.99. The van der Waals surface area contributed by atoms with Gasteiger partial charge in [-0.3, -0.25) is 0 Å². The number of hydrogen-bond donors (Lipinski definition) is 0. The van der Waals surface area contributed by atoms with Crippen molar-refractivity contribution in [2.45, 2.75) is 31.1 Å². The van der Waals surface area contributed by atoms with Gasteiger partial charge in [0, 0.05) is 14.8 Å². The second-order valence-electron chi connectivity index (χ2n) is 3.28. The normalized spacial score (nSPS) is 13.9. The summed E-state index contributed by atoms with van der Waals surface area (Å²) in [5.41, 5.74) is 0. The number of unbranched alkanes of at least 4 members (excludes halogenated alkanes) is 1. The van der Waals surface area contributed by atoms with E-state index in [9.17, 15) is 4.21 Å². The number of allylic oxidation sites excluding steroid dienone is 1. The van der Waals surface area contributed by atoms with Crippen LogP contribution in [0.2, 0.25) is 0 Å². The molecule has 0 radical (unpaired) electrons. The fourth-order valence-corrected chi connectivity index (χ4v) is 2.84. The van der Waals surface area contributed by atoms with Crippen molar-refractivity contribution in [1.82, 2.24) is 0 Å². The molecule has 1 unspecified atom stereocenters. The Bertz CT molecular complexity index is 346. The summed E-state index contributed by atoms with van der Waals surface area (Å²) in [7, 11) is -1.03. The largest absolute Gasteiger partial charge is 0.250 e. The molecule has 0 bridgehead atoms. The summed E-state index contributed by atoms with van der Waals surface area (Å²) in [5.74, 6) is 0. The first kappa shape index (κ1) is 12.7. The number of benzene rings is 1. The quantitative estimate of drug-likeness (QED) is 0.792. The van der Waals surface area contributed by atoms with Gasteiger partial charge in [0.15, 0.2) is 0 Å². The van der Waals surface area contributed by atoms with E-state index in [0.29, 0.717) is 0 Å². The van der Waals surface area contributed by atoms with Crippen LogP contribution in [0.25, 0.3) is 0 Å². The molecule has 1 aromatic rings. The topological polar surface area (TPSA) is 17.1 Å². The Hall–Kier alpha value is -0.410. The van der Waals surface area contributed by atoms with Gasteiger partial charge >= 0.3 is 0 Å². The highest BCUT2D eigenvalue weighted by atomic mass is 79.9. The van der Waals surface area contributed by atoms with Crippen LogP contribution in [0.5, 0.6) is 0 Å². The Morgan fingerprint density at radius 3 is 2.67 bits per heavy atom. The Morgan fingerprint density at radius 2 is 2.07 bits per heavy atom. The van der Waals surface area contributed by atoms with E-state index in [1.54, 1.807) is 5.41 Å². The molecule has 0 spiro atoms. The lowest BCUT2D eigenvalue weighted by Crippen LogP contribution is -1.86. The maximum Gasteiger partial charge on any atom is 0.0784 e. The van der Waals surface area contributed by atoms with Crippen LogP contribution in [0.15, 0.2) is 45.1 Å². The van der Waals surface area contributed by atoms with Crippen LogP contribution in [-0.2, 0) is 10.8 Å². The van der Waals surface area contributed by atoms with Crippen LogP contribution < -0.4 is 0 Å². The SMILES string of the molecule is CCCC/C(Br)=C/S(=O)c1ccccc1. The molecule has 0 saturated carbocycles. The first-order valence-electron chi connectivity index (χ1n) is 5.06. The van der Waals surface area contributed by atoms with Gasteiger partial charge in [0.25, 0.3) is 0 Å². The van der Waals surface area contributed by atoms with Gasteiger partial charge in [0.2, 0.25) is 0 Å². The minimum atomic E-state index is -1.03. The van der Waals surface area contributed by atoms with Crippen molar-refractivity contribution in [2.75, 3.05) is 0 Å². The molecule has 0 aromatic heterocycles. The van der Waals surface area contributed by atoms with Gasteiger partial charge < -0.3 is 0 Å². The second-order valence-corrected chi connectivity index (χ2v) is 5.60. The summed E-state index contributed by atoms with van der Waals surface area (Å²) >= 11 is 3.44. The molecular weight excluding hydrogens is 272 g/mol. The van der Waals surface area contributed by atoms with Gasteiger partial charge in [-0.25, -0.2) is 4.21 Å². The van der Waals surface area contributed by atoms with E-state index >= 15 is 0 Å². The molecule has 3 heteroatoms. The smallest absolute Gasteiger partial charge is 0.0784 e. The highest BCUT2D eigenvalue weighted by Gasteiger charge is 2.00. The van der Waals surface area contributed by atoms with Crippen LogP contribution >= 0.6 is 15.9 Å². The molecule has 1 nitrogen and oxygen atoms in total. The van der Waals surface area contributed by atoms with Gasteiger partial charge in [0.1, 0.15) is 0 Å². The number of hydrogen-bond acceptors (Lipinski definition) is 1. The summed E-state index contributed by atoms with van der Waals surface area (Å²) in [5, 5.41) is 1.78. The summed E-state index contributed by atoms with van der Waals surface area (Å²) in [6, 6.07) is 9.50. The molecule has 82 valence electrons. The molecule has 0 fully saturated rings. The molecular formula is C12H15BrOS. The van der Waals surface area contributed by atoms with E-state index < -0.39 is 10.8 Å². The zero-order valence-corrected chi connectivity index (χ0v) is 11.2. The third-order valence-corrected chi connectivity index (χ3v) is 4.14. The molecule has 1 rings (SSSR count). The molecule has 0 N–H and O–H groups in total. The lowest BCUT2D eigenvalue weighted by atomic mass is 10.2. The average Bonchev–Trinajstić information content (AvgIpc) is 2.27. The predicted molar refractivity (Wildman–Crippen MR) is 69.4 cm³/mol. The van der Waals surface area contributed by atoms with E-state index in [2.05, 4.69) is 22.9 Å². The molecule has 0 aliphatic heterocycles. The van der Waals surface area contributed by atoms with Gasteiger partial charge in [-0.1, -0.05) is 47.5 Å². The fraction of sp³-hybridized carbons (Fsp3) is 0.333. The molecule has 1 atom stereocenters. The van der Waals surface area contributed by atoms with E-state index in [0.717, 1.165) is 28.6 Å². The van der Waals surface area contributed by atoms with E-state index in [1.165, 1.54) is 0 Å². The zero-order chi connectivity index (χ0) is 11.1. The summed E-state index contributed by atoms with van der Waals surface area (Å²) in [6.45, 7) is 2.15. The summed E-state index contributed by atoms with van der Waals surface area (Å²) in [6.07, 6.45) is 3.25. The first-order valence-corrected chi connectivity index (χ1v) is 7.06. The minimum Gasteiger partial charge on any atom is -0.250 e. The Balaban J connectivity index is 2.62. The first-order chi connectivity index (χ1) is 7.24. The van der Waals surface area contributed by atoms with Crippen LogP contribution in [0.1, 0.15) is 26.2 Å². The van der Waals surface area contributed by atoms with Crippen LogP contribution in [0.3, 0.4) is 0 Å². The molecule has 15 heavy (non-hydrogen) atoms. The third kappa shape index (κ3) is 4.76. The van der Waals surface area contributed by atoms with Gasteiger partial charge in [-0.2, -0.15) is 0 Å². The van der Waals surface area contributed by atoms with Gasteiger partial charge in [0.05, 0.1) is 10.8 Å². The molecule has 1 aromatic carbocycles. The number of halogens is 1. The molecule has 0 saturated heterocycles. The van der Waals surface area contributed by atoms with Crippen molar-refractivity contribution in [2.24, 2.45) is 0 Å². The molecule has 0 heterocycles. The summed E-state index contributed by atoms with van der Waals surface area (Å²) in [4.78, 5) is 0.853. The third-order valence-electron chi connectivity index (χ3n) is 1.98. The fourth-order valence-electron chi connectivity index (χ4n) is 1.14. The van der Waals surface area contributed by atoms with E-state index in [1.807, 2.05) is 30.3 Å². The predicted octanol–water partition coefficient (Wildman–Crippen LogP) is 4.22. The van der Waals surface area contributed by atoms with Crippen LogP contribution in [-0.4, -0.2) is 4.21 Å². The van der Waals surface area contributed by atoms with Crippen molar-refractivity contribution >= 4 is 26.7 Å². The zero-order valence-electron chi connectivity index (χ0n) is 8.78. The van der Waals surface area contributed by atoms with E-state index in [4.69, 9.17) is 0 Å². The standard InChI is InChI=1S/C12H15BrOS/c1-2-3-7-11(13)10-15(14)12-8-5-4-6-9-12/h4-6,8-10H,2-3,7H2,1H3/b11-10-. The van der Waals surface area contributed by atoms with E-state index in [-0.39, 0.29) is 0 Å². The van der Waals surface area contributed by atoms with Crippen LogP contribution in [0, 0.1) is 0 Å².